The molecule has 1 aromatic carbocycles. The molecule has 7 nitrogen and oxygen atoms in total. The van der Waals surface area contributed by atoms with Crippen molar-refractivity contribution in [3.05, 3.63) is 53.5 Å². The van der Waals surface area contributed by atoms with Crippen LogP contribution in [0.2, 0.25) is 0 Å². The van der Waals surface area contributed by atoms with Crippen LogP contribution in [0.25, 0.3) is 0 Å². The molecule has 0 aliphatic carbocycles. The molecule has 0 radical (unpaired) electrons. The molecule has 0 bridgehead atoms. The van der Waals surface area contributed by atoms with Gasteiger partial charge >= 0.3 is 6.18 Å². The minimum absolute atomic E-state index is 0.147. The second-order valence-electron chi connectivity index (χ2n) is 6.38. The van der Waals surface area contributed by atoms with E-state index in [0.717, 1.165) is 36.5 Å². The number of carbonyl (C=O) groups excluding carboxylic acids is 1. The molecule has 2 aromatic rings. The fourth-order valence-corrected chi connectivity index (χ4v) is 2.92. The van der Waals surface area contributed by atoms with Crippen molar-refractivity contribution in [3.63, 3.8) is 0 Å². The second kappa shape index (κ2) is 7.76. The largest absolute Gasteiger partial charge is 0.545 e. The SMILES string of the molecule is NC1=N[C@](CF)(c2cc(Oc3cc(C(=O)[O-])ccn3)ccc2F)C[C@@H](C(F)(F)F)O1. The second-order valence-corrected chi connectivity index (χ2v) is 6.38. The molecule has 0 fully saturated rings. The lowest BCUT2D eigenvalue weighted by molar-refractivity contribution is -0.255. The van der Waals surface area contributed by atoms with Crippen LogP contribution in [0.1, 0.15) is 22.3 Å². The van der Waals surface area contributed by atoms with E-state index in [0.29, 0.717) is 0 Å². The average molecular weight is 430 g/mol. The molecule has 1 aliphatic heterocycles. The standard InChI is InChI=1S/C18H14F5N3O4/c19-8-17(7-13(18(21,22)23)30-16(24)26-17)11-6-10(1-2-12(11)20)29-14-5-9(15(27)28)3-4-25-14/h1-6,13H,7-8H2,(H2,24,26)(H,27,28)/p-1/t13-,17+/m0/s1. The Bertz CT molecular complexity index is 998. The third-order valence-electron chi connectivity index (χ3n) is 4.33. The number of rotatable bonds is 5. The van der Waals surface area contributed by atoms with Crippen molar-refractivity contribution < 1.29 is 41.3 Å². The first-order chi connectivity index (χ1) is 14.0. The van der Waals surface area contributed by atoms with Gasteiger partial charge in [0.25, 0.3) is 6.02 Å². The van der Waals surface area contributed by atoms with Crippen LogP contribution in [0.4, 0.5) is 22.0 Å². The van der Waals surface area contributed by atoms with E-state index in [1.807, 2.05) is 0 Å². The van der Waals surface area contributed by atoms with Crippen LogP contribution in [0.5, 0.6) is 11.6 Å². The maximum Gasteiger partial charge on any atom is 0.425 e. The van der Waals surface area contributed by atoms with Gasteiger partial charge in [-0.3, -0.25) is 0 Å². The molecule has 12 heteroatoms. The van der Waals surface area contributed by atoms with Gasteiger partial charge in [-0.05, 0) is 24.3 Å². The zero-order chi connectivity index (χ0) is 22.1. The first-order valence-electron chi connectivity index (χ1n) is 8.34. The van der Waals surface area contributed by atoms with Crippen LogP contribution in [0.15, 0.2) is 41.5 Å². The van der Waals surface area contributed by atoms with Crippen molar-refractivity contribution in [2.75, 3.05) is 6.67 Å². The van der Waals surface area contributed by atoms with E-state index >= 15 is 0 Å². The quantitative estimate of drug-likeness (QED) is 0.729. The number of hydrogen-bond acceptors (Lipinski definition) is 7. The monoisotopic (exact) mass is 430 g/mol. The molecule has 1 aliphatic rings. The van der Waals surface area contributed by atoms with Crippen LogP contribution >= 0.6 is 0 Å². The molecule has 2 heterocycles. The average Bonchev–Trinajstić information content (AvgIpc) is 2.68. The van der Waals surface area contributed by atoms with Gasteiger partial charge in [0, 0.05) is 29.8 Å². The Labute approximate surface area is 166 Å². The molecule has 160 valence electrons. The number of carboxylic acid groups (broad SMARTS) is 1. The van der Waals surface area contributed by atoms with E-state index in [4.69, 9.17) is 10.5 Å². The van der Waals surface area contributed by atoms with Crippen molar-refractivity contribution in [2.45, 2.75) is 24.2 Å². The normalized spacial score (nSPS) is 21.5. The summed E-state index contributed by atoms with van der Waals surface area (Å²) in [5.41, 5.74) is 2.21. The summed E-state index contributed by atoms with van der Waals surface area (Å²) < 4.78 is 77.7. The number of alkyl halides is 4. The number of carboxylic acids is 1. The minimum atomic E-state index is -4.89. The van der Waals surface area contributed by atoms with E-state index < -0.39 is 54.3 Å². The van der Waals surface area contributed by atoms with Gasteiger partial charge in [-0.1, -0.05) is 0 Å². The van der Waals surface area contributed by atoms with E-state index in [-0.39, 0.29) is 17.2 Å². The Morgan fingerprint density at radius 3 is 2.70 bits per heavy atom. The van der Waals surface area contributed by atoms with E-state index in [1.54, 1.807) is 0 Å². The number of carbonyl (C=O) groups is 1. The minimum Gasteiger partial charge on any atom is -0.545 e. The summed E-state index contributed by atoms with van der Waals surface area (Å²) in [6.45, 7) is -1.50. The molecule has 0 unspecified atom stereocenters. The van der Waals surface area contributed by atoms with Crippen LogP contribution in [0, 0.1) is 5.82 Å². The highest BCUT2D eigenvalue weighted by Crippen LogP contribution is 2.42. The van der Waals surface area contributed by atoms with Crippen molar-refractivity contribution in [1.29, 1.82) is 0 Å². The van der Waals surface area contributed by atoms with Crippen molar-refractivity contribution in [3.8, 4) is 11.6 Å². The van der Waals surface area contributed by atoms with E-state index in [9.17, 15) is 31.9 Å². The Morgan fingerprint density at radius 1 is 1.33 bits per heavy atom. The van der Waals surface area contributed by atoms with Crippen LogP contribution in [0.3, 0.4) is 0 Å². The lowest BCUT2D eigenvalue weighted by atomic mass is 9.84. The molecular formula is C18H13F5N3O4-. The molecule has 0 saturated carbocycles. The molecule has 2 N–H and O–H groups in total. The zero-order valence-corrected chi connectivity index (χ0v) is 15.0. The Kier molecular flexibility index (Phi) is 5.51. The molecule has 0 spiro atoms. The van der Waals surface area contributed by atoms with E-state index in [1.165, 1.54) is 0 Å². The summed E-state index contributed by atoms with van der Waals surface area (Å²) in [5.74, 6) is -2.91. The number of ether oxygens (including phenoxy) is 2. The Morgan fingerprint density at radius 2 is 2.07 bits per heavy atom. The number of nitrogens with zero attached hydrogens (tertiary/aromatic N) is 2. The van der Waals surface area contributed by atoms with Gasteiger partial charge in [-0.25, -0.2) is 18.8 Å². The van der Waals surface area contributed by atoms with Crippen molar-refractivity contribution in [1.82, 2.24) is 4.98 Å². The van der Waals surface area contributed by atoms with Gasteiger partial charge in [0.05, 0.1) is 5.97 Å². The zero-order valence-electron chi connectivity index (χ0n) is 15.0. The lowest BCUT2D eigenvalue weighted by Gasteiger charge is -2.36. The van der Waals surface area contributed by atoms with Gasteiger partial charge in [-0.2, -0.15) is 13.2 Å². The van der Waals surface area contributed by atoms with Gasteiger partial charge in [-0.15, -0.1) is 0 Å². The van der Waals surface area contributed by atoms with Gasteiger partial charge in [0.1, 0.15) is 23.8 Å². The summed E-state index contributed by atoms with van der Waals surface area (Å²) >= 11 is 0. The molecule has 0 saturated heterocycles. The molecule has 1 aromatic heterocycles. The molecule has 2 atom stereocenters. The van der Waals surface area contributed by atoms with E-state index in [2.05, 4.69) is 14.7 Å². The topological polar surface area (TPSA) is 110 Å². The third-order valence-corrected chi connectivity index (χ3v) is 4.33. The number of aliphatic imine (C=N–C) groups is 1. The number of nitrogens with two attached hydrogens (primary N) is 1. The number of benzene rings is 1. The highest BCUT2D eigenvalue weighted by atomic mass is 19.4. The Hall–Kier alpha value is -3.44. The predicted octanol–water partition coefficient (Wildman–Crippen LogP) is 2.21. The summed E-state index contributed by atoms with van der Waals surface area (Å²) in [6.07, 6.45) is -7.31. The maximum absolute atomic E-state index is 14.5. The van der Waals surface area contributed by atoms with Crippen LogP contribution in [-0.2, 0) is 10.3 Å². The number of pyridine rings is 1. The first kappa shape index (κ1) is 21.3. The first-order valence-corrected chi connectivity index (χ1v) is 8.34. The fourth-order valence-electron chi connectivity index (χ4n) is 2.92. The van der Waals surface area contributed by atoms with Crippen LogP contribution in [-0.4, -0.2) is 35.9 Å². The summed E-state index contributed by atoms with van der Waals surface area (Å²) in [4.78, 5) is 18.3. The molecule has 30 heavy (non-hydrogen) atoms. The summed E-state index contributed by atoms with van der Waals surface area (Å²) in [7, 11) is 0. The molecular weight excluding hydrogens is 417 g/mol. The predicted molar refractivity (Wildman–Crippen MR) is 89.9 cm³/mol. The summed E-state index contributed by atoms with van der Waals surface area (Å²) in [5, 5.41) is 10.9. The molecule has 3 rings (SSSR count). The number of aromatic carboxylic acids is 1. The van der Waals surface area contributed by atoms with Crippen molar-refractivity contribution in [2.24, 2.45) is 10.7 Å². The number of halogens is 5. The Balaban J connectivity index is 2.00. The highest BCUT2D eigenvalue weighted by molar-refractivity contribution is 5.85. The third kappa shape index (κ3) is 4.26. The number of amidine groups is 1. The summed E-state index contributed by atoms with van der Waals surface area (Å²) in [6, 6.07) is 4.12. The number of hydrogen-bond donors (Lipinski definition) is 1. The van der Waals surface area contributed by atoms with Gasteiger partial charge in [0.15, 0.2) is 6.10 Å². The smallest absolute Gasteiger partial charge is 0.425 e. The molecule has 0 amide bonds. The van der Waals surface area contributed by atoms with Crippen molar-refractivity contribution >= 4 is 12.0 Å². The van der Waals surface area contributed by atoms with Gasteiger partial charge < -0.3 is 25.1 Å². The lowest BCUT2D eigenvalue weighted by Crippen LogP contribution is -2.48. The highest BCUT2D eigenvalue weighted by Gasteiger charge is 2.52. The number of aromatic nitrogens is 1. The fraction of sp³-hybridized carbons (Fsp3) is 0.278. The van der Waals surface area contributed by atoms with Crippen LogP contribution < -0.4 is 15.6 Å². The van der Waals surface area contributed by atoms with Gasteiger partial charge in [0.2, 0.25) is 5.88 Å². The maximum atomic E-state index is 14.5.